The maximum atomic E-state index is 12.4. The fourth-order valence-electron chi connectivity index (χ4n) is 3.41. The number of amides is 3. The third-order valence-corrected chi connectivity index (χ3v) is 4.65. The minimum Gasteiger partial charge on any atom is -0.324 e. The van der Waals surface area contributed by atoms with Gasteiger partial charge in [0.15, 0.2) is 0 Å². The maximum Gasteiger partial charge on any atom is 0.316 e. The minimum atomic E-state index is -0.655. The van der Waals surface area contributed by atoms with E-state index in [2.05, 4.69) is 5.32 Å². The lowest BCUT2D eigenvalue weighted by molar-refractivity contribution is -0.147. The average molecular weight is 365 g/mol. The van der Waals surface area contributed by atoms with Crippen molar-refractivity contribution in [1.82, 2.24) is 4.90 Å². The predicted octanol–water partition coefficient (Wildman–Crippen LogP) is 2.43. The molecule has 6 nitrogen and oxygen atoms in total. The standard InChI is InChI=1S/C21H23N3O3/c1-14-11-15(2)19(16(3)12-14)22-18(25)13-23-9-10-24(21(27)20(23)26)17-7-5-4-6-8-17/h4-8,11-12H,9-10,13H2,1-3H3,(H,22,25). The van der Waals surface area contributed by atoms with Crippen molar-refractivity contribution in [3.63, 3.8) is 0 Å². The third kappa shape index (κ3) is 4.00. The predicted molar refractivity (Wildman–Crippen MR) is 105 cm³/mol. The molecule has 1 fully saturated rings. The van der Waals surface area contributed by atoms with E-state index in [1.54, 1.807) is 12.1 Å². The zero-order valence-electron chi connectivity index (χ0n) is 15.8. The summed E-state index contributed by atoms with van der Waals surface area (Å²) in [5.74, 6) is -1.57. The van der Waals surface area contributed by atoms with Gasteiger partial charge < -0.3 is 15.1 Å². The van der Waals surface area contributed by atoms with Gasteiger partial charge in [-0.15, -0.1) is 0 Å². The summed E-state index contributed by atoms with van der Waals surface area (Å²) < 4.78 is 0. The van der Waals surface area contributed by atoms with Gasteiger partial charge in [0.2, 0.25) is 5.91 Å². The zero-order valence-corrected chi connectivity index (χ0v) is 15.8. The Hall–Kier alpha value is -3.15. The lowest BCUT2D eigenvalue weighted by atomic mass is 10.1. The van der Waals surface area contributed by atoms with Gasteiger partial charge in [-0.1, -0.05) is 35.9 Å². The van der Waals surface area contributed by atoms with Crippen LogP contribution in [-0.4, -0.2) is 42.3 Å². The first-order valence-electron chi connectivity index (χ1n) is 8.90. The molecular formula is C21H23N3O3. The van der Waals surface area contributed by atoms with E-state index >= 15 is 0 Å². The topological polar surface area (TPSA) is 69.7 Å². The van der Waals surface area contributed by atoms with E-state index < -0.39 is 11.8 Å². The molecular weight excluding hydrogens is 342 g/mol. The average Bonchev–Trinajstić information content (AvgIpc) is 2.63. The van der Waals surface area contributed by atoms with Crippen molar-refractivity contribution >= 4 is 29.1 Å². The number of benzene rings is 2. The minimum absolute atomic E-state index is 0.139. The number of carbonyl (C=O) groups excluding carboxylic acids is 3. The first-order valence-corrected chi connectivity index (χ1v) is 8.90. The fraction of sp³-hybridized carbons (Fsp3) is 0.286. The van der Waals surface area contributed by atoms with Crippen LogP contribution in [0.25, 0.3) is 0 Å². The SMILES string of the molecule is Cc1cc(C)c(NC(=O)CN2CCN(c3ccccc3)C(=O)C2=O)c(C)c1. The summed E-state index contributed by atoms with van der Waals surface area (Å²) >= 11 is 0. The number of para-hydroxylation sites is 1. The van der Waals surface area contributed by atoms with Crippen molar-refractivity contribution in [2.75, 3.05) is 29.9 Å². The van der Waals surface area contributed by atoms with Crippen molar-refractivity contribution in [3.8, 4) is 0 Å². The van der Waals surface area contributed by atoms with Gasteiger partial charge in [0.05, 0.1) is 0 Å². The molecule has 0 aliphatic carbocycles. The monoisotopic (exact) mass is 365 g/mol. The lowest BCUT2D eigenvalue weighted by Gasteiger charge is -2.33. The molecule has 0 aromatic heterocycles. The largest absolute Gasteiger partial charge is 0.324 e. The molecule has 1 heterocycles. The van der Waals surface area contributed by atoms with E-state index in [4.69, 9.17) is 0 Å². The Morgan fingerprint density at radius 1 is 0.963 bits per heavy atom. The highest BCUT2D eigenvalue weighted by atomic mass is 16.2. The Kier molecular flexibility index (Phi) is 5.26. The van der Waals surface area contributed by atoms with E-state index in [1.807, 2.05) is 51.1 Å². The number of hydrogen-bond acceptors (Lipinski definition) is 3. The molecule has 2 aromatic rings. The van der Waals surface area contributed by atoms with Crippen molar-refractivity contribution in [3.05, 3.63) is 59.2 Å². The van der Waals surface area contributed by atoms with Crippen molar-refractivity contribution < 1.29 is 14.4 Å². The molecule has 0 radical (unpaired) electrons. The quantitative estimate of drug-likeness (QED) is 0.846. The van der Waals surface area contributed by atoms with Gasteiger partial charge in [-0.25, -0.2) is 0 Å². The Morgan fingerprint density at radius 2 is 1.59 bits per heavy atom. The highest BCUT2D eigenvalue weighted by Crippen LogP contribution is 2.22. The number of anilines is 2. The van der Waals surface area contributed by atoms with Crippen LogP contribution >= 0.6 is 0 Å². The number of hydrogen-bond donors (Lipinski definition) is 1. The van der Waals surface area contributed by atoms with Crippen LogP contribution in [0.5, 0.6) is 0 Å². The summed E-state index contributed by atoms with van der Waals surface area (Å²) in [6, 6.07) is 13.1. The number of nitrogens with one attached hydrogen (secondary N) is 1. The van der Waals surface area contributed by atoms with Crippen molar-refractivity contribution in [1.29, 1.82) is 0 Å². The molecule has 0 spiro atoms. The van der Waals surface area contributed by atoms with Crippen LogP contribution in [0.2, 0.25) is 0 Å². The fourth-order valence-corrected chi connectivity index (χ4v) is 3.41. The molecule has 6 heteroatoms. The van der Waals surface area contributed by atoms with Gasteiger partial charge in [-0.2, -0.15) is 0 Å². The molecule has 0 saturated carbocycles. The molecule has 140 valence electrons. The number of nitrogens with zero attached hydrogens (tertiary/aromatic N) is 2. The second-order valence-electron chi connectivity index (χ2n) is 6.84. The zero-order chi connectivity index (χ0) is 19.6. The molecule has 1 N–H and O–H groups in total. The van der Waals surface area contributed by atoms with Gasteiger partial charge in [-0.05, 0) is 44.0 Å². The molecule has 0 atom stereocenters. The highest BCUT2D eigenvalue weighted by molar-refractivity contribution is 6.41. The summed E-state index contributed by atoms with van der Waals surface area (Å²) in [5.41, 5.74) is 4.51. The molecule has 1 aliphatic rings. The van der Waals surface area contributed by atoms with Crippen LogP contribution in [0.4, 0.5) is 11.4 Å². The van der Waals surface area contributed by atoms with Gasteiger partial charge in [-0.3, -0.25) is 14.4 Å². The molecule has 2 aromatic carbocycles. The van der Waals surface area contributed by atoms with Crippen molar-refractivity contribution in [2.45, 2.75) is 20.8 Å². The molecule has 1 saturated heterocycles. The summed E-state index contributed by atoms with van der Waals surface area (Å²) in [4.78, 5) is 40.0. The lowest BCUT2D eigenvalue weighted by Crippen LogP contribution is -2.56. The van der Waals surface area contributed by atoms with Crippen LogP contribution in [0.3, 0.4) is 0 Å². The molecule has 0 bridgehead atoms. The van der Waals surface area contributed by atoms with E-state index in [9.17, 15) is 14.4 Å². The Labute approximate surface area is 158 Å². The highest BCUT2D eigenvalue weighted by Gasteiger charge is 2.34. The van der Waals surface area contributed by atoms with Crippen LogP contribution in [0.1, 0.15) is 16.7 Å². The first-order chi connectivity index (χ1) is 12.9. The Balaban J connectivity index is 1.66. The van der Waals surface area contributed by atoms with Crippen LogP contribution < -0.4 is 10.2 Å². The molecule has 3 rings (SSSR count). The van der Waals surface area contributed by atoms with Crippen LogP contribution in [0, 0.1) is 20.8 Å². The second kappa shape index (κ2) is 7.61. The van der Waals surface area contributed by atoms with E-state index in [1.165, 1.54) is 9.80 Å². The number of aryl methyl sites for hydroxylation is 3. The van der Waals surface area contributed by atoms with Gasteiger partial charge >= 0.3 is 11.8 Å². The third-order valence-electron chi connectivity index (χ3n) is 4.65. The molecule has 27 heavy (non-hydrogen) atoms. The van der Waals surface area contributed by atoms with E-state index in [0.717, 1.165) is 22.4 Å². The maximum absolute atomic E-state index is 12.4. The Bertz CT molecular complexity index is 870. The first kappa shape index (κ1) is 18.6. The van der Waals surface area contributed by atoms with Crippen molar-refractivity contribution in [2.24, 2.45) is 0 Å². The van der Waals surface area contributed by atoms with Gasteiger partial charge in [0.25, 0.3) is 0 Å². The number of carbonyl (C=O) groups is 3. The van der Waals surface area contributed by atoms with Gasteiger partial charge in [0, 0.05) is 24.5 Å². The normalized spacial score (nSPS) is 14.5. The smallest absolute Gasteiger partial charge is 0.316 e. The summed E-state index contributed by atoms with van der Waals surface area (Å²) in [6.45, 7) is 6.41. The number of piperazine rings is 1. The summed E-state index contributed by atoms with van der Waals surface area (Å²) in [5, 5.41) is 2.87. The van der Waals surface area contributed by atoms with Crippen LogP contribution in [0.15, 0.2) is 42.5 Å². The molecule has 0 unspecified atom stereocenters. The molecule has 1 aliphatic heterocycles. The van der Waals surface area contributed by atoms with E-state index in [0.29, 0.717) is 18.8 Å². The molecule has 3 amide bonds. The Morgan fingerprint density at radius 3 is 2.22 bits per heavy atom. The van der Waals surface area contributed by atoms with Gasteiger partial charge in [0.1, 0.15) is 6.54 Å². The van der Waals surface area contributed by atoms with Crippen LogP contribution in [-0.2, 0) is 14.4 Å². The number of rotatable bonds is 4. The second-order valence-corrected chi connectivity index (χ2v) is 6.84. The summed E-state index contributed by atoms with van der Waals surface area (Å²) in [6.07, 6.45) is 0. The summed E-state index contributed by atoms with van der Waals surface area (Å²) in [7, 11) is 0. The van der Waals surface area contributed by atoms with E-state index in [-0.39, 0.29) is 12.5 Å².